The van der Waals surface area contributed by atoms with Crippen LogP contribution in [0.1, 0.15) is 18.0 Å². The third kappa shape index (κ3) is 5.65. The molecule has 3 rings (SSSR count). The summed E-state index contributed by atoms with van der Waals surface area (Å²) < 4.78 is 39.0. The summed E-state index contributed by atoms with van der Waals surface area (Å²) in [6.45, 7) is 0.538. The lowest BCUT2D eigenvalue weighted by molar-refractivity contribution is -0.126. The molecule has 10 heteroatoms. The molecule has 1 aliphatic rings. The van der Waals surface area contributed by atoms with Crippen molar-refractivity contribution >= 4 is 43.3 Å². The molecule has 1 saturated heterocycles. The van der Waals surface area contributed by atoms with Crippen LogP contribution in [0.2, 0.25) is 0 Å². The topological polar surface area (TPSA) is 104 Å². The second kappa shape index (κ2) is 9.67. The third-order valence-corrected chi connectivity index (χ3v) is 7.36. The molecule has 160 valence electrons. The van der Waals surface area contributed by atoms with Gasteiger partial charge in [0.05, 0.1) is 16.7 Å². The summed E-state index contributed by atoms with van der Waals surface area (Å²) in [5, 5.41) is 7.19. The molecule has 0 saturated carbocycles. The van der Waals surface area contributed by atoms with Gasteiger partial charge in [-0.2, -0.15) is 0 Å². The molecule has 0 bridgehead atoms. The number of anilines is 1. The average Bonchev–Trinajstić information content (AvgIpc) is 2.70. The van der Waals surface area contributed by atoms with Crippen molar-refractivity contribution in [3.05, 3.63) is 64.4 Å². The maximum Gasteiger partial charge on any atom is 0.251 e. The van der Waals surface area contributed by atoms with Gasteiger partial charge in [0.15, 0.2) is 9.84 Å². The van der Waals surface area contributed by atoms with E-state index >= 15 is 0 Å². The molecule has 0 radical (unpaired) electrons. The van der Waals surface area contributed by atoms with Crippen molar-refractivity contribution in [2.24, 2.45) is 0 Å². The second-order valence-corrected chi connectivity index (χ2v) is 10.2. The van der Waals surface area contributed by atoms with Crippen LogP contribution in [0.4, 0.5) is 10.1 Å². The molecule has 2 unspecified atom stereocenters. The van der Waals surface area contributed by atoms with Crippen molar-refractivity contribution in [2.75, 3.05) is 24.2 Å². The van der Waals surface area contributed by atoms with Crippen LogP contribution < -0.4 is 16.0 Å². The molecule has 7 nitrogen and oxygen atoms in total. The van der Waals surface area contributed by atoms with Crippen molar-refractivity contribution in [3.63, 3.8) is 0 Å². The highest BCUT2D eigenvalue weighted by Gasteiger charge is 2.32. The minimum Gasteiger partial charge on any atom is -0.340 e. The molecule has 0 aliphatic carbocycles. The van der Waals surface area contributed by atoms with Gasteiger partial charge < -0.3 is 16.0 Å². The van der Waals surface area contributed by atoms with E-state index in [1.54, 1.807) is 36.4 Å². The van der Waals surface area contributed by atoms with Crippen LogP contribution in [0, 0.1) is 5.82 Å². The van der Waals surface area contributed by atoms with E-state index < -0.39 is 38.8 Å². The first-order valence-electron chi connectivity index (χ1n) is 9.29. The van der Waals surface area contributed by atoms with Crippen LogP contribution in [0.25, 0.3) is 0 Å². The Morgan fingerprint density at radius 1 is 1.20 bits per heavy atom. The molecule has 30 heavy (non-hydrogen) atoms. The largest absolute Gasteiger partial charge is 0.340 e. The molecular formula is C20H21BrFN3O4S. The lowest BCUT2D eigenvalue weighted by Gasteiger charge is -2.24. The quantitative estimate of drug-likeness (QED) is 0.567. The Bertz CT molecular complexity index is 1030. The normalized spacial score (nSPS) is 18.9. The molecule has 1 aliphatic heterocycles. The maximum atomic E-state index is 14.1. The summed E-state index contributed by atoms with van der Waals surface area (Å²) in [5.74, 6) is -1.88. The van der Waals surface area contributed by atoms with Crippen LogP contribution in [0.15, 0.2) is 53.0 Å². The highest BCUT2D eigenvalue weighted by atomic mass is 79.9. The lowest BCUT2D eigenvalue weighted by Crippen LogP contribution is -2.47. The highest BCUT2D eigenvalue weighted by Crippen LogP contribution is 2.22. The monoisotopic (exact) mass is 497 g/mol. The molecule has 2 atom stereocenters. The first-order chi connectivity index (χ1) is 14.3. The molecule has 0 aromatic heterocycles. The highest BCUT2D eigenvalue weighted by molar-refractivity contribution is 9.10. The summed E-state index contributed by atoms with van der Waals surface area (Å²) in [7, 11) is -3.38. The van der Waals surface area contributed by atoms with Crippen LogP contribution in [-0.4, -0.2) is 44.3 Å². The molecule has 2 aromatic carbocycles. The number of hydrogen-bond acceptors (Lipinski definition) is 5. The Hall–Kier alpha value is -2.30. The van der Waals surface area contributed by atoms with Gasteiger partial charge in [-0.3, -0.25) is 9.59 Å². The van der Waals surface area contributed by atoms with E-state index in [0.29, 0.717) is 16.6 Å². The zero-order valence-electron chi connectivity index (χ0n) is 15.9. The number of nitrogens with one attached hydrogen (secondary N) is 3. The first kappa shape index (κ1) is 22.4. The van der Waals surface area contributed by atoms with E-state index in [0.717, 1.165) is 0 Å². The number of sulfone groups is 1. The predicted octanol–water partition coefficient (Wildman–Crippen LogP) is 2.16. The summed E-state index contributed by atoms with van der Waals surface area (Å²) in [5.41, 5.74) is 0.461. The van der Waals surface area contributed by atoms with Gasteiger partial charge in [0, 0.05) is 24.0 Å². The van der Waals surface area contributed by atoms with E-state index in [-0.39, 0.29) is 24.4 Å². The predicted molar refractivity (Wildman–Crippen MR) is 115 cm³/mol. The summed E-state index contributed by atoms with van der Waals surface area (Å²) in [4.78, 5) is 25.5. The van der Waals surface area contributed by atoms with Gasteiger partial charge in [-0.25, -0.2) is 12.8 Å². The fourth-order valence-electron chi connectivity index (χ4n) is 3.14. The summed E-state index contributed by atoms with van der Waals surface area (Å²) in [6, 6.07) is 11.6. The van der Waals surface area contributed by atoms with Crippen LogP contribution >= 0.6 is 15.9 Å². The smallest absolute Gasteiger partial charge is 0.251 e. The Balaban J connectivity index is 1.77. The Morgan fingerprint density at radius 2 is 1.93 bits per heavy atom. The number of carbonyl (C=O) groups is 2. The molecule has 0 spiro atoms. The summed E-state index contributed by atoms with van der Waals surface area (Å²) >= 11 is 3.15. The number of benzene rings is 2. The van der Waals surface area contributed by atoms with Gasteiger partial charge in [0.25, 0.3) is 5.91 Å². The minimum atomic E-state index is -3.38. The van der Waals surface area contributed by atoms with E-state index in [1.165, 1.54) is 12.1 Å². The molecule has 2 amide bonds. The zero-order chi connectivity index (χ0) is 21.7. The van der Waals surface area contributed by atoms with Crippen molar-refractivity contribution in [1.82, 2.24) is 10.6 Å². The van der Waals surface area contributed by atoms with Gasteiger partial charge in [0.2, 0.25) is 5.91 Å². The van der Waals surface area contributed by atoms with Crippen molar-refractivity contribution in [2.45, 2.75) is 17.7 Å². The number of halogens is 2. The molecule has 1 heterocycles. The van der Waals surface area contributed by atoms with Crippen LogP contribution in [0.5, 0.6) is 0 Å². The fourth-order valence-corrected chi connectivity index (χ4v) is 5.01. The van der Waals surface area contributed by atoms with Gasteiger partial charge in [0.1, 0.15) is 11.9 Å². The second-order valence-electron chi connectivity index (χ2n) is 6.92. The van der Waals surface area contributed by atoms with Crippen molar-refractivity contribution < 1.29 is 22.4 Å². The van der Waals surface area contributed by atoms with E-state index in [2.05, 4.69) is 31.9 Å². The standard InChI is InChI=1S/C20H21BrFN3O4S/c21-14-6-7-17(16(22)10-14)24-20(27)19(13-4-2-1-3-5-13)25-18(26)11-15-12-23-8-9-30(15,28)29/h1-7,10,15,19,23H,8-9,11-12H2,(H,24,27)(H,25,26). The van der Waals surface area contributed by atoms with E-state index in [1.807, 2.05) is 0 Å². The number of rotatable bonds is 6. The van der Waals surface area contributed by atoms with Crippen molar-refractivity contribution in [1.29, 1.82) is 0 Å². The SMILES string of the molecule is O=C(CC1CNCCS1(=O)=O)NC(C(=O)Nc1ccc(Br)cc1F)c1ccccc1. The zero-order valence-corrected chi connectivity index (χ0v) is 18.3. The Morgan fingerprint density at radius 3 is 2.60 bits per heavy atom. The van der Waals surface area contributed by atoms with E-state index in [9.17, 15) is 22.4 Å². The molecular weight excluding hydrogens is 477 g/mol. The Kier molecular flexibility index (Phi) is 7.22. The third-order valence-electron chi connectivity index (χ3n) is 4.75. The molecule has 2 aromatic rings. The molecule has 1 fully saturated rings. The Labute approximate surface area is 182 Å². The number of amides is 2. The average molecular weight is 498 g/mol. The van der Waals surface area contributed by atoms with Crippen LogP contribution in [0.3, 0.4) is 0 Å². The van der Waals surface area contributed by atoms with Crippen molar-refractivity contribution in [3.8, 4) is 0 Å². The summed E-state index contributed by atoms with van der Waals surface area (Å²) in [6.07, 6.45) is -0.265. The van der Waals surface area contributed by atoms with Gasteiger partial charge in [-0.05, 0) is 23.8 Å². The minimum absolute atomic E-state index is 0.0301. The van der Waals surface area contributed by atoms with Gasteiger partial charge in [-0.1, -0.05) is 46.3 Å². The van der Waals surface area contributed by atoms with Crippen LogP contribution in [-0.2, 0) is 19.4 Å². The first-order valence-corrected chi connectivity index (χ1v) is 11.8. The molecule has 3 N–H and O–H groups in total. The number of hydrogen-bond donors (Lipinski definition) is 3. The van der Waals surface area contributed by atoms with Gasteiger partial charge >= 0.3 is 0 Å². The number of carbonyl (C=O) groups excluding carboxylic acids is 2. The maximum absolute atomic E-state index is 14.1. The fraction of sp³-hybridized carbons (Fsp3) is 0.300. The van der Waals surface area contributed by atoms with E-state index in [4.69, 9.17) is 0 Å². The van der Waals surface area contributed by atoms with Gasteiger partial charge in [-0.15, -0.1) is 0 Å². The lowest BCUT2D eigenvalue weighted by atomic mass is 10.1.